The number of benzene rings is 3. The predicted octanol–water partition coefficient (Wildman–Crippen LogP) is 5.02. The van der Waals surface area contributed by atoms with Gasteiger partial charge in [0.05, 0.1) is 18.0 Å². The molecule has 0 bridgehead atoms. The van der Waals surface area contributed by atoms with Crippen LogP contribution in [-0.2, 0) is 9.53 Å². The summed E-state index contributed by atoms with van der Waals surface area (Å²) in [4.78, 5) is 25.1. The van der Waals surface area contributed by atoms with E-state index in [2.05, 4.69) is 10.6 Å². The summed E-state index contributed by atoms with van der Waals surface area (Å²) in [5.41, 5.74) is 8.08. The molecule has 0 aliphatic carbocycles. The molecule has 1 aliphatic rings. The van der Waals surface area contributed by atoms with E-state index in [1.807, 2.05) is 12.1 Å². The van der Waals surface area contributed by atoms with Gasteiger partial charge in [0.15, 0.2) is 11.5 Å². The van der Waals surface area contributed by atoms with E-state index in [1.54, 1.807) is 60.7 Å². The van der Waals surface area contributed by atoms with Gasteiger partial charge in [-0.15, -0.1) is 0 Å². The van der Waals surface area contributed by atoms with Crippen LogP contribution < -0.4 is 30.6 Å². The van der Waals surface area contributed by atoms with Crippen molar-refractivity contribution in [1.82, 2.24) is 0 Å². The number of aliphatic hydroxyl groups is 1. The van der Waals surface area contributed by atoms with Crippen LogP contribution in [0.3, 0.4) is 0 Å². The molecule has 5 N–H and O–H groups in total. The summed E-state index contributed by atoms with van der Waals surface area (Å²) < 4.78 is 22.2. The third kappa shape index (κ3) is 7.89. The number of aliphatic hydroxyl groups excluding tert-OH is 1. The molecule has 0 aromatic heterocycles. The zero-order valence-electron chi connectivity index (χ0n) is 21.3. The number of nitrogens with two attached hydrogens (primary N) is 1. The van der Waals surface area contributed by atoms with Gasteiger partial charge in [-0.05, 0) is 55.7 Å². The normalized spacial score (nSPS) is 12.6. The van der Waals surface area contributed by atoms with Crippen molar-refractivity contribution in [1.29, 1.82) is 0 Å². The number of unbranched alkanes of at least 4 members (excludes halogenated alkanes) is 1. The van der Waals surface area contributed by atoms with Crippen molar-refractivity contribution in [3.05, 3.63) is 84.4 Å². The van der Waals surface area contributed by atoms with E-state index in [1.165, 1.54) is 6.08 Å². The van der Waals surface area contributed by atoms with Gasteiger partial charge >= 0.3 is 6.09 Å². The lowest BCUT2D eigenvalue weighted by atomic mass is 10.0. The lowest BCUT2D eigenvalue weighted by Crippen LogP contribution is -2.18. The van der Waals surface area contributed by atoms with Crippen molar-refractivity contribution in [2.75, 3.05) is 36.4 Å². The standard InChI is InChI=1S/C29H31N3O7/c30-22-9-5-6-10-23(22)32-28(34)13-3-1-2-12-25(21-8-4-7-11-24(21)36-17-16-33)39-29(35)31-20-14-15-26-27(18-20)38-19-37-26/h3-11,13-15,18,25,33H,1-2,12,16-17,19,30H2,(H,31,35)(H,32,34)/b13-3+/t25-/m1/s1. The van der Waals surface area contributed by atoms with Gasteiger partial charge in [-0.1, -0.05) is 36.4 Å². The van der Waals surface area contributed by atoms with Crippen LogP contribution in [0.5, 0.6) is 17.2 Å². The molecule has 0 unspecified atom stereocenters. The minimum absolute atomic E-state index is 0.108. The largest absolute Gasteiger partial charge is 0.491 e. The number of fused-ring (bicyclic) bond motifs is 1. The number of anilines is 3. The first-order valence-corrected chi connectivity index (χ1v) is 12.6. The Balaban J connectivity index is 1.38. The zero-order valence-corrected chi connectivity index (χ0v) is 21.3. The highest BCUT2D eigenvalue weighted by Crippen LogP contribution is 2.35. The lowest BCUT2D eigenvalue weighted by Gasteiger charge is -2.21. The van der Waals surface area contributed by atoms with Gasteiger partial charge in [0.2, 0.25) is 12.7 Å². The van der Waals surface area contributed by atoms with Gasteiger partial charge in [-0.25, -0.2) is 4.79 Å². The van der Waals surface area contributed by atoms with E-state index in [4.69, 9.17) is 24.7 Å². The third-order valence-electron chi connectivity index (χ3n) is 5.81. The Morgan fingerprint density at radius 3 is 2.67 bits per heavy atom. The highest BCUT2D eigenvalue weighted by Gasteiger charge is 2.21. The molecule has 0 spiro atoms. The van der Waals surface area contributed by atoms with Gasteiger partial charge in [0.1, 0.15) is 18.5 Å². The second-order valence-corrected chi connectivity index (χ2v) is 8.61. The number of nitrogen functional groups attached to an aromatic ring is 1. The molecule has 39 heavy (non-hydrogen) atoms. The number of rotatable bonds is 12. The van der Waals surface area contributed by atoms with E-state index in [0.717, 1.165) is 0 Å². The van der Waals surface area contributed by atoms with E-state index in [-0.39, 0.29) is 25.9 Å². The Morgan fingerprint density at radius 2 is 1.82 bits per heavy atom. The minimum atomic E-state index is -0.647. The number of para-hydroxylation sites is 3. The molecule has 0 saturated heterocycles. The van der Waals surface area contributed by atoms with Crippen molar-refractivity contribution in [3.8, 4) is 17.2 Å². The van der Waals surface area contributed by atoms with Crippen molar-refractivity contribution in [2.24, 2.45) is 0 Å². The van der Waals surface area contributed by atoms with Gasteiger partial charge in [-0.3, -0.25) is 10.1 Å². The molecule has 3 aromatic rings. The monoisotopic (exact) mass is 533 g/mol. The fourth-order valence-corrected chi connectivity index (χ4v) is 3.96. The molecule has 10 nitrogen and oxygen atoms in total. The Bertz CT molecular complexity index is 1310. The number of nitrogens with one attached hydrogen (secondary N) is 2. The Labute approximate surface area is 226 Å². The SMILES string of the molecule is Nc1ccccc1NC(=O)/C=C/CCC[C@@H](OC(=O)Nc1ccc2c(c1)OCO2)c1ccccc1OCCO. The fraction of sp³-hybridized carbons (Fsp3) is 0.241. The first-order valence-electron chi connectivity index (χ1n) is 12.6. The Morgan fingerprint density at radius 1 is 1.03 bits per heavy atom. The molecule has 2 amide bonds. The first-order chi connectivity index (χ1) is 19.0. The number of hydrogen-bond donors (Lipinski definition) is 4. The fourth-order valence-electron chi connectivity index (χ4n) is 3.96. The molecule has 1 heterocycles. The number of amides is 2. The van der Waals surface area contributed by atoms with Gasteiger partial charge < -0.3 is 35.1 Å². The number of ether oxygens (including phenoxy) is 4. The van der Waals surface area contributed by atoms with Crippen LogP contribution in [0.15, 0.2) is 78.9 Å². The van der Waals surface area contributed by atoms with Crippen LogP contribution in [-0.4, -0.2) is 37.1 Å². The van der Waals surface area contributed by atoms with Crippen molar-refractivity contribution in [2.45, 2.75) is 25.4 Å². The van der Waals surface area contributed by atoms with E-state index in [0.29, 0.717) is 59.1 Å². The highest BCUT2D eigenvalue weighted by molar-refractivity contribution is 6.01. The molecule has 4 rings (SSSR count). The van der Waals surface area contributed by atoms with E-state index < -0.39 is 12.2 Å². The number of carbonyl (C=O) groups is 2. The molecule has 0 radical (unpaired) electrons. The highest BCUT2D eigenvalue weighted by atomic mass is 16.7. The Hall–Kier alpha value is -4.70. The minimum Gasteiger partial charge on any atom is -0.491 e. The number of hydrogen-bond acceptors (Lipinski definition) is 8. The van der Waals surface area contributed by atoms with Crippen molar-refractivity contribution >= 4 is 29.1 Å². The van der Waals surface area contributed by atoms with Crippen LogP contribution in [0.4, 0.5) is 21.9 Å². The zero-order chi connectivity index (χ0) is 27.5. The smallest absolute Gasteiger partial charge is 0.412 e. The number of carbonyl (C=O) groups excluding carboxylic acids is 2. The number of allylic oxidation sites excluding steroid dienone is 1. The average Bonchev–Trinajstić information content (AvgIpc) is 3.40. The topological polar surface area (TPSA) is 141 Å². The summed E-state index contributed by atoms with van der Waals surface area (Å²) in [6.45, 7) is 0.0925. The van der Waals surface area contributed by atoms with Crippen LogP contribution in [0.2, 0.25) is 0 Å². The molecule has 1 aliphatic heterocycles. The summed E-state index contributed by atoms with van der Waals surface area (Å²) in [5.74, 6) is 1.38. The summed E-state index contributed by atoms with van der Waals surface area (Å²) in [5, 5.41) is 14.7. The first kappa shape index (κ1) is 27.3. The van der Waals surface area contributed by atoms with Gasteiger partial charge in [0.25, 0.3) is 0 Å². The van der Waals surface area contributed by atoms with Gasteiger partial charge in [-0.2, -0.15) is 0 Å². The average molecular weight is 534 g/mol. The summed E-state index contributed by atoms with van der Waals surface area (Å²) in [6, 6.07) is 19.3. The summed E-state index contributed by atoms with van der Waals surface area (Å²) >= 11 is 0. The molecule has 3 aromatic carbocycles. The maximum absolute atomic E-state index is 12.8. The maximum atomic E-state index is 12.8. The van der Waals surface area contributed by atoms with Crippen molar-refractivity contribution in [3.63, 3.8) is 0 Å². The van der Waals surface area contributed by atoms with E-state index >= 15 is 0 Å². The van der Waals surface area contributed by atoms with Crippen LogP contribution in [0, 0.1) is 0 Å². The van der Waals surface area contributed by atoms with E-state index in [9.17, 15) is 14.7 Å². The summed E-state index contributed by atoms with van der Waals surface area (Å²) in [7, 11) is 0. The molecular weight excluding hydrogens is 502 g/mol. The van der Waals surface area contributed by atoms with Gasteiger partial charge in [0, 0.05) is 17.3 Å². The van der Waals surface area contributed by atoms with Crippen LogP contribution in [0.25, 0.3) is 0 Å². The summed E-state index contributed by atoms with van der Waals surface area (Å²) in [6.07, 6.45) is 3.57. The van der Waals surface area contributed by atoms with Crippen molar-refractivity contribution < 1.29 is 33.6 Å². The molecule has 204 valence electrons. The third-order valence-corrected chi connectivity index (χ3v) is 5.81. The second kappa shape index (κ2) is 13.7. The Kier molecular flexibility index (Phi) is 9.63. The maximum Gasteiger partial charge on any atom is 0.412 e. The molecule has 1 atom stereocenters. The molecule has 0 fully saturated rings. The molecule has 10 heteroatoms. The molecule has 0 saturated carbocycles. The van der Waals surface area contributed by atoms with Crippen LogP contribution in [0.1, 0.15) is 30.9 Å². The quantitative estimate of drug-likeness (QED) is 0.144. The molecular formula is C29H31N3O7. The lowest BCUT2D eigenvalue weighted by molar-refractivity contribution is -0.111. The van der Waals surface area contributed by atoms with Crippen LogP contribution >= 0.6 is 0 Å². The predicted molar refractivity (Wildman–Crippen MR) is 147 cm³/mol. The second-order valence-electron chi connectivity index (χ2n) is 8.61.